The van der Waals surface area contributed by atoms with Gasteiger partial charge in [-0.05, 0) is 18.9 Å². The zero-order chi connectivity index (χ0) is 10.7. The summed E-state index contributed by atoms with van der Waals surface area (Å²) in [5.41, 5.74) is 1.01. The number of hydrogen-bond donors (Lipinski definition) is 0. The lowest BCUT2D eigenvalue weighted by Gasteiger charge is -2.26. The van der Waals surface area contributed by atoms with E-state index in [1.54, 1.807) is 20.4 Å². The maximum Gasteiger partial charge on any atom is 0.170 e. The Kier molecular flexibility index (Phi) is 3.06. The van der Waals surface area contributed by atoms with Crippen molar-refractivity contribution in [3.05, 3.63) is 18.5 Å². The van der Waals surface area contributed by atoms with Gasteiger partial charge in [0.15, 0.2) is 5.75 Å². The van der Waals surface area contributed by atoms with Crippen molar-refractivity contribution in [2.24, 2.45) is 0 Å². The molecule has 0 aromatic carbocycles. The summed E-state index contributed by atoms with van der Waals surface area (Å²) < 4.78 is 10.6. The highest BCUT2D eigenvalue weighted by Crippen LogP contribution is 2.32. The van der Waals surface area contributed by atoms with E-state index in [0.29, 0.717) is 5.75 Å². The quantitative estimate of drug-likeness (QED) is 0.751. The smallest absolute Gasteiger partial charge is 0.170 e. The molecule has 1 aromatic rings. The molecular weight excluding hydrogens is 192 g/mol. The Morgan fingerprint density at radius 3 is 3.13 bits per heavy atom. The SMILES string of the molecule is COc1[c]nccc1N1CCCC1OC. The average Bonchev–Trinajstić information content (AvgIpc) is 2.76. The van der Waals surface area contributed by atoms with Gasteiger partial charge in [0, 0.05) is 19.9 Å². The molecule has 15 heavy (non-hydrogen) atoms. The first kappa shape index (κ1) is 10.2. The van der Waals surface area contributed by atoms with E-state index in [1.807, 2.05) is 6.07 Å². The normalized spacial score (nSPS) is 20.7. The number of anilines is 1. The van der Waals surface area contributed by atoms with Crippen LogP contribution in [-0.2, 0) is 4.74 Å². The maximum atomic E-state index is 5.41. The first-order chi connectivity index (χ1) is 7.36. The predicted molar refractivity (Wildman–Crippen MR) is 57.0 cm³/mol. The van der Waals surface area contributed by atoms with Gasteiger partial charge in [-0.25, -0.2) is 0 Å². The highest BCUT2D eigenvalue weighted by atomic mass is 16.5. The molecule has 4 nitrogen and oxygen atoms in total. The summed E-state index contributed by atoms with van der Waals surface area (Å²) in [5, 5.41) is 0. The fraction of sp³-hybridized carbons (Fsp3) is 0.545. The van der Waals surface area contributed by atoms with E-state index in [-0.39, 0.29) is 6.23 Å². The van der Waals surface area contributed by atoms with E-state index in [0.717, 1.165) is 25.1 Å². The first-order valence-electron chi connectivity index (χ1n) is 5.07. The van der Waals surface area contributed by atoms with Crippen LogP contribution in [0.3, 0.4) is 0 Å². The van der Waals surface area contributed by atoms with Gasteiger partial charge in [0.2, 0.25) is 0 Å². The van der Waals surface area contributed by atoms with Gasteiger partial charge in [-0.1, -0.05) is 0 Å². The molecule has 0 spiro atoms. The van der Waals surface area contributed by atoms with E-state index < -0.39 is 0 Å². The third kappa shape index (κ3) is 1.90. The van der Waals surface area contributed by atoms with Crippen LogP contribution in [0.2, 0.25) is 0 Å². The van der Waals surface area contributed by atoms with E-state index >= 15 is 0 Å². The highest BCUT2D eigenvalue weighted by Gasteiger charge is 2.26. The summed E-state index contributed by atoms with van der Waals surface area (Å²) in [6, 6.07) is 1.94. The predicted octanol–water partition coefficient (Wildman–Crippen LogP) is 1.46. The topological polar surface area (TPSA) is 34.6 Å². The molecule has 1 radical (unpaired) electrons. The number of pyridine rings is 1. The fourth-order valence-electron chi connectivity index (χ4n) is 1.97. The Labute approximate surface area is 89.8 Å². The minimum atomic E-state index is 0.148. The van der Waals surface area contributed by atoms with Crippen LogP contribution in [0.5, 0.6) is 5.75 Å². The van der Waals surface area contributed by atoms with Crippen LogP contribution >= 0.6 is 0 Å². The van der Waals surface area contributed by atoms with Crippen molar-refractivity contribution in [3.63, 3.8) is 0 Å². The molecule has 1 aromatic heterocycles. The Morgan fingerprint density at radius 1 is 1.53 bits per heavy atom. The molecule has 0 aliphatic carbocycles. The molecule has 0 bridgehead atoms. The maximum absolute atomic E-state index is 5.41. The summed E-state index contributed by atoms with van der Waals surface area (Å²) in [5.74, 6) is 0.682. The first-order valence-corrected chi connectivity index (χ1v) is 5.07. The monoisotopic (exact) mass is 207 g/mol. The zero-order valence-electron chi connectivity index (χ0n) is 9.06. The van der Waals surface area contributed by atoms with Gasteiger partial charge in [-0.3, -0.25) is 4.98 Å². The van der Waals surface area contributed by atoms with Gasteiger partial charge in [0.25, 0.3) is 0 Å². The van der Waals surface area contributed by atoms with Crippen LogP contribution in [0.25, 0.3) is 0 Å². The number of methoxy groups -OCH3 is 2. The van der Waals surface area contributed by atoms with E-state index in [4.69, 9.17) is 9.47 Å². The van der Waals surface area contributed by atoms with Crippen LogP contribution in [0.4, 0.5) is 5.69 Å². The summed E-state index contributed by atoms with van der Waals surface area (Å²) in [6.07, 6.45) is 6.91. The lowest BCUT2D eigenvalue weighted by molar-refractivity contribution is 0.111. The number of ether oxygens (including phenoxy) is 2. The van der Waals surface area contributed by atoms with Gasteiger partial charge in [0.05, 0.1) is 12.8 Å². The molecule has 2 heterocycles. The van der Waals surface area contributed by atoms with Crippen molar-refractivity contribution >= 4 is 5.69 Å². The van der Waals surface area contributed by atoms with Crippen molar-refractivity contribution in [2.75, 3.05) is 25.7 Å². The molecule has 0 amide bonds. The van der Waals surface area contributed by atoms with Crippen LogP contribution in [0.1, 0.15) is 12.8 Å². The number of aromatic nitrogens is 1. The van der Waals surface area contributed by atoms with Crippen LogP contribution in [0, 0.1) is 6.20 Å². The highest BCUT2D eigenvalue weighted by molar-refractivity contribution is 5.57. The van der Waals surface area contributed by atoms with Gasteiger partial charge in [0.1, 0.15) is 12.4 Å². The van der Waals surface area contributed by atoms with E-state index in [9.17, 15) is 0 Å². The lowest BCUT2D eigenvalue weighted by atomic mass is 10.3. The van der Waals surface area contributed by atoms with E-state index in [2.05, 4.69) is 16.1 Å². The molecule has 1 atom stereocenters. The molecule has 2 rings (SSSR count). The number of rotatable bonds is 3. The lowest BCUT2D eigenvalue weighted by Crippen LogP contribution is -2.30. The zero-order valence-corrected chi connectivity index (χ0v) is 9.06. The Bertz CT molecular complexity index is 330. The molecule has 1 saturated heterocycles. The summed E-state index contributed by atoms with van der Waals surface area (Å²) in [7, 11) is 3.37. The van der Waals surface area contributed by atoms with Crippen molar-refractivity contribution in [1.29, 1.82) is 0 Å². The second kappa shape index (κ2) is 4.49. The summed E-state index contributed by atoms with van der Waals surface area (Å²) >= 11 is 0. The molecular formula is C11H15N2O2. The van der Waals surface area contributed by atoms with Gasteiger partial charge in [-0.2, -0.15) is 0 Å². The third-order valence-corrected chi connectivity index (χ3v) is 2.69. The van der Waals surface area contributed by atoms with E-state index in [1.165, 1.54) is 0 Å². The van der Waals surface area contributed by atoms with Gasteiger partial charge in [-0.15, -0.1) is 0 Å². The van der Waals surface area contributed by atoms with Crippen molar-refractivity contribution < 1.29 is 9.47 Å². The second-order valence-electron chi connectivity index (χ2n) is 3.50. The third-order valence-electron chi connectivity index (χ3n) is 2.69. The number of hydrogen-bond acceptors (Lipinski definition) is 4. The van der Waals surface area contributed by atoms with Crippen LogP contribution < -0.4 is 9.64 Å². The molecule has 1 unspecified atom stereocenters. The molecule has 81 valence electrons. The van der Waals surface area contributed by atoms with Gasteiger partial charge < -0.3 is 14.4 Å². The Balaban J connectivity index is 2.27. The standard InChI is InChI=1S/C11H15N2O2/c1-14-10-8-12-6-5-9(10)13-7-3-4-11(13)15-2/h5-6,11H,3-4,7H2,1-2H3. The fourth-order valence-corrected chi connectivity index (χ4v) is 1.97. The Hall–Kier alpha value is -1.29. The van der Waals surface area contributed by atoms with Crippen LogP contribution in [-0.4, -0.2) is 32.0 Å². The Morgan fingerprint density at radius 2 is 2.40 bits per heavy atom. The number of nitrogens with zero attached hydrogens (tertiary/aromatic N) is 2. The molecule has 4 heteroatoms. The second-order valence-corrected chi connectivity index (χ2v) is 3.50. The van der Waals surface area contributed by atoms with Crippen molar-refractivity contribution in [3.8, 4) is 5.75 Å². The molecule has 0 N–H and O–H groups in total. The molecule has 1 aliphatic heterocycles. The summed E-state index contributed by atoms with van der Waals surface area (Å²) in [6.45, 7) is 0.993. The molecule has 1 aliphatic rings. The minimum Gasteiger partial charge on any atom is -0.492 e. The molecule has 1 fully saturated rings. The largest absolute Gasteiger partial charge is 0.492 e. The minimum absolute atomic E-state index is 0.148. The van der Waals surface area contributed by atoms with Crippen molar-refractivity contribution in [1.82, 2.24) is 4.98 Å². The average molecular weight is 207 g/mol. The summed E-state index contributed by atoms with van der Waals surface area (Å²) in [4.78, 5) is 6.11. The van der Waals surface area contributed by atoms with Gasteiger partial charge >= 0.3 is 0 Å². The van der Waals surface area contributed by atoms with Crippen LogP contribution in [0.15, 0.2) is 12.3 Å². The van der Waals surface area contributed by atoms with Crippen molar-refractivity contribution in [2.45, 2.75) is 19.1 Å². The molecule has 0 saturated carbocycles.